The molecule has 0 fully saturated rings. The Bertz CT molecular complexity index is 1790. The van der Waals surface area contributed by atoms with Gasteiger partial charge in [-0.1, -0.05) is 6.08 Å². The number of sulfonamides is 1. The van der Waals surface area contributed by atoms with E-state index in [1.54, 1.807) is 0 Å². The fourth-order valence-corrected chi connectivity index (χ4v) is 5.67. The van der Waals surface area contributed by atoms with Gasteiger partial charge < -0.3 is 14.8 Å². The summed E-state index contributed by atoms with van der Waals surface area (Å²) in [5, 5.41) is 27.0. The Morgan fingerprint density at radius 3 is 2.35 bits per heavy atom. The summed E-state index contributed by atoms with van der Waals surface area (Å²) in [4.78, 5) is 37.6. The van der Waals surface area contributed by atoms with Gasteiger partial charge in [0.25, 0.3) is 17.6 Å². The molecule has 0 aliphatic heterocycles. The molecule has 226 valence electrons. The van der Waals surface area contributed by atoms with Gasteiger partial charge in [0.2, 0.25) is 10.0 Å². The summed E-state index contributed by atoms with van der Waals surface area (Å²) >= 11 is 0. The largest absolute Gasteiger partial charge is 0.497 e. The van der Waals surface area contributed by atoms with Crippen LogP contribution in [0.25, 0.3) is 11.3 Å². The molecule has 0 saturated carbocycles. The highest BCUT2D eigenvalue weighted by Gasteiger charge is 2.43. The lowest BCUT2D eigenvalue weighted by Gasteiger charge is -2.20. The number of nitro groups is 2. The third-order valence-electron chi connectivity index (χ3n) is 6.21. The van der Waals surface area contributed by atoms with Crippen LogP contribution >= 0.6 is 0 Å². The normalized spacial score (nSPS) is 16.3. The van der Waals surface area contributed by atoms with Crippen molar-refractivity contribution in [3.8, 4) is 22.8 Å². The Hall–Kier alpha value is -5.46. The number of pyridine rings is 1. The summed E-state index contributed by atoms with van der Waals surface area (Å²) in [6.45, 7) is 0. The van der Waals surface area contributed by atoms with Gasteiger partial charge in [0.15, 0.2) is 22.6 Å². The van der Waals surface area contributed by atoms with Crippen molar-refractivity contribution in [1.29, 1.82) is 0 Å². The number of carbonyl (C=O) groups is 1. The van der Waals surface area contributed by atoms with E-state index in [1.807, 2.05) is 5.32 Å². The Kier molecular flexibility index (Phi) is 8.37. The smallest absolute Gasteiger partial charge is 0.278 e. The van der Waals surface area contributed by atoms with Crippen molar-refractivity contribution < 1.29 is 41.3 Å². The van der Waals surface area contributed by atoms with Gasteiger partial charge >= 0.3 is 0 Å². The van der Waals surface area contributed by atoms with Crippen LogP contribution in [0.15, 0.2) is 54.5 Å². The van der Waals surface area contributed by atoms with E-state index in [-0.39, 0.29) is 22.8 Å². The number of hydrogen-bond donors (Lipinski definition) is 2. The van der Waals surface area contributed by atoms with Crippen molar-refractivity contribution in [1.82, 2.24) is 14.8 Å². The molecular formula is C24H21F2N7O9S. The molecule has 2 aromatic heterocycles. The summed E-state index contributed by atoms with van der Waals surface area (Å²) in [6.07, 6.45) is 3.39. The van der Waals surface area contributed by atoms with E-state index in [9.17, 15) is 42.2 Å². The highest BCUT2D eigenvalue weighted by Crippen LogP contribution is 2.40. The monoisotopic (exact) mass is 621 g/mol. The molecule has 2 unspecified atom stereocenters. The van der Waals surface area contributed by atoms with Gasteiger partial charge in [-0.2, -0.15) is 5.10 Å². The molecular weight excluding hydrogens is 600 g/mol. The molecule has 4 rings (SSSR count). The molecule has 0 bridgehead atoms. The maximum absolute atomic E-state index is 14.3. The Balaban J connectivity index is 1.90. The van der Waals surface area contributed by atoms with Crippen LogP contribution in [0.2, 0.25) is 0 Å². The Labute approximate surface area is 241 Å². The van der Waals surface area contributed by atoms with Gasteiger partial charge in [-0.05, 0) is 18.2 Å². The minimum Gasteiger partial charge on any atom is -0.497 e. The summed E-state index contributed by atoms with van der Waals surface area (Å²) in [5.74, 6) is -3.32. The molecule has 19 heteroatoms. The summed E-state index contributed by atoms with van der Waals surface area (Å²) in [7, 11) is -0.901. The van der Waals surface area contributed by atoms with Crippen LogP contribution in [-0.4, -0.2) is 64.4 Å². The maximum Gasteiger partial charge on any atom is 0.278 e. The number of anilines is 2. The predicted octanol–water partition coefficient (Wildman–Crippen LogP) is 2.52. The quantitative estimate of drug-likeness (QED) is 0.248. The third kappa shape index (κ3) is 5.96. The van der Waals surface area contributed by atoms with Crippen LogP contribution < -0.4 is 19.5 Å². The fourth-order valence-electron chi connectivity index (χ4n) is 4.22. The van der Waals surface area contributed by atoms with Crippen molar-refractivity contribution in [3.05, 3.63) is 92.1 Å². The zero-order valence-corrected chi connectivity index (χ0v) is 23.2. The molecule has 1 aliphatic carbocycles. The van der Waals surface area contributed by atoms with Crippen molar-refractivity contribution in [2.24, 2.45) is 7.05 Å². The van der Waals surface area contributed by atoms with Gasteiger partial charge in [-0.15, -0.1) is 0 Å². The lowest BCUT2D eigenvalue weighted by Crippen LogP contribution is -2.42. The van der Waals surface area contributed by atoms with Gasteiger partial charge in [-0.3, -0.25) is 39.4 Å². The van der Waals surface area contributed by atoms with E-state index in [2.05, 4.69) is 14.8 Å². The molecule has 1 aliphatic rings. The first-order valence-corrected chi connectivity index (χ1v) is 13.4. The van der Waals surface area contributed by atoms with Crippen LogP contribution in [0, 0.1) is 31.9 Å². The second-order valence-electron chi connectivity index (χ2n) is 8.79. The second-order valence-corrected chi connectivity index (χ2v) is 10.6. The van der Waals surface area contributed by atoms with Crippen LogP contribution in [0.1, 0.15) is 10.5 Å². The van der Waals surface area contributed by atoms with E-state index < -0.39 is 71.5 Å². The zero-order valence-electron chi connectivity index (χ0n) is 22.3. The molecule has 0 radical (unpaired) electrons. The average molecular weight is 622 g/mol. The van der Waals surface area contributed by atoms with Crippen molar-refractivity contribution in [3.63, 3.8) is 0 Å². The van der Waals surface area contributed by atoms with Crippen LogP contribution in [0.5, 0.6) is 11.5 Å². The van der Waals surface area contributed by atoms with E-state index in [0.717, 1.165) is 16.8 Å². The molecule has 16 nitrogen and oxygen atoms in total. The Morgan fingerprint density at radius 1 is 1.09 bits per heavy atom. The molecule has 2 heterocycles. The lowest BCUT2D eigenvalue weighted by molar-refractivity contribution is -0.510. The number of rotatable bonds is 10. The highest BCUT2D eigenvalue weighted by molar-refractivity contribution is 7.93. The van der Waals surface area contributed by atoms with Crippen molar-refractivity contribution in [2.45, 2.75) is 11.3 Å². The minimum absolute atomic E-state index is 0.112. The highest BCUT2D eigenvalue weighted by atomic mass is 32.2. The number of amides is 1. The topological polar surface area (TPSA) is 211 Å². The molecule has 1 amide bonds. The van der Waals surface area contributed by atoms with Gasteiger partial charge in [0, 0.05) is 23.6 Å². The summed E-state index contributed by atoms with van der Waals surface area (Å²) < 4.78 is 69.6. The molecule has 3 aromatic rings. The van der Waals surface area contributed by atoms with Gasteiger partial charge in [-0.25, -0.2) is 17.2 Å². The van der Waals surface area contributed by atoms with E-state index in [1.165, 1.54) is 39.5 Å². The molecule has 2 N–H and O–H groups in total. The third-order valence-corrected chi connectivity index (χ3v) is 7.85. The van der Waals surface area contributed by atoms with E-state index >= 15 is 0 Å². The number of aromatic nitrogens is 3. The van der Waals surface area contributed by atoms with Crippen molar-refractivity contribution >= 4 is 27.3 Å². The van der Waals surface area contributed by atoms with E-state index in [4.69, 9.17) is 9.47 Å². The fraction of sp³-hybridized carbons (Fsp3) is 0.208. The average Bonchev–Trinajstić information content (AvgIpc) is 3.28. The second kappa shape index (κ2) is 11.8. The number of ether oxygens (including phenoxy) is 2. The number of halogens is 2. The molecule has 2 atom stereocenters. The molecule has 0 saturated heterocycles. The van der Waals surface area contributed by atoms with Crippen molar-refractivity contribution in [2.75, 3.05) is 24.3 Å². The molecule has 0 spiro atoms. The molecule has 1 aromatic carbocycles. The van der Waals surface area contributed by atoms with Crippen LogP contribution in [0.4, 0.5) is 20.2 Å². The predicted molar refractivity (Wildman–Crippen MR) is 145 cm³/mol. The summed E-state index contributed by atoms with van der Waals surface area (Å²) in [5.41, 5.74) is -2.82. The van der Waals surface area contributed by atoms with Crippen LogP contribution in [0.3, 0.4) is 0 Å². The number of allylic oxidation sites excluding steroid dienone is 1. The van der Waals surface area contributed by atoms with Gasteiger partial charge in [0.05, 0.1) is 43.3 Å². The minimum atomic E-state index is -4.89. The number of methoxy groups -OCH3 is 2. The number of nitrogens with zero attached hydrogens (tertiary/aromatic N) is 5. The maximum atomic E-state index is 14.3. The van der Waals surface area contributed by atoms with E-state index in [0.29, 0.717) is 18.5 Å². The first-order valence-electron chi connectivity index (χ1n) is 11.9. The number of nitrogens with one attached hydrogen (secondary N) is 2. The molecule has 43 heavy (non-hydrogen) atoms. The number of benzene rings is 1. The first-order chi connectivity index (χ1) is 20.3. The zero-order chi connectivity index (χ0) is 31.6. The first kappa shape index (κ1) is 30.5. The van der Waals surface area contributed by atoms with Gasteiger partial charge in [0.1, 0.15) is 22.9 Å². The number of hydrogen-bond acceptors (Lipinski definition) is 11. The Morgan fingerprint density at radius 2 is 1.77 bits per heavy atom. The number of aryl methyl sites for hydroxylation is 1. The number of carbonyl (C=O) groups excluding carboxylic acids is 1. The summed E-state index contributed by atoms with van der Waals surface area (Å²) in [6, 6.07) is 2.33. The SMILES string of the molecule is COc1ccc(OC)c(-c2c(NS(=O)(=O)C3C=CC([N+](=O)[O-])=CC3[N+](=O)[O-])c(C(=O)Nc3c(F)cncc3F)nn2C)c1. The standard InChI is InChI=1S/C24H21F2N7O9S/c1-31-23(14-9-13(41-2)5-6-18(14)42-3)21(22(29-31)24(34)28-20-15(25)10-27-11-16(20)26)30-43(39,40)19-7-4-12(32(35)36)8-17(19)33(37)38/h4-11,17,19,30H,1-3H3,(H,27,28,34). The lowest BCUT2D eigenvalue weighted by atomic mass is 10.1. The van der Waals surface area contributed by atoms with Crippen LogP contribution in [-0.2, 0) is 17.1 Å².